The molecule has 0 aromatic heterocycles. The number of piperidine rings is 1. The number of halogens is 1. The van der Waals surface area contributed by atoms with E-state index >= 15 is 4.39 Å². The topological polar surface area (TPSA) is 66.8 Å². The molecule has 1 aromatic carbocycles. The summed E-state index contributed by atoms with van der Waals surface area (Å²) in [6.45, 7) is 5.14. The minimum absolute atomic E-state index is 0.00112. The zero-order chi connectivity index (χ0) is 24.5. The van der Waals surface area contributed by atoms with Crippen LogP contribution in [-0.4, -0.2) is 40.6 Å². The number of amides is 1. The maximum atomic E-state index is 15.4. The van der Waals surface area contributed by atoms with Gasteiger partial charge in [0, 0.05) is 17.5 Å². The van der Waals surface area contributed by atoms with Crippen LogP contribution in [0, 0.1) is 29.0 Å². The molecular weight excluding hydrogens is 445 g/mol. The maximum absolute atomic E-state index is 15.4. The molecule has 6 atom stereocenters. The lowest BCUT2D eigenvalue weighted by molar-refractivity contribution is -0.143. The molecule has 1 N–H and O–H groups in total. The number of aliphatic carboxylic acids is 1. The summed E-state index contributed by atoms with van der Waals surface area (Å²) >= 11 is 0. The van der Waals surface area contributed by atoms with E-state index in [-0.39, 0.29) is 28.9 Å². The molecule has 4 fully saturated rings. The van der Waals surface area contributed by atoms with Crippen LogP contribution < -0.4 is 4.74 Å². The van der Waals surface area contributed by atoms with Gasteiger partial charge in [-0.05, 0) is 100 Å². The number of fused-ring (bicyclic) bond motifs is 4. The molecule has 1 aliphatic heterocycles. The van der Waals surface area contributed by atoms with E-state index < -0.39 is 23.7 Å². The normalized spacial score (nSPS) is 35.7. The monoisotopic (exact) mass is 481 g/mol. The first-order chi connectivity index (χ1) is 16.7. The maximum Gasteiger partial charge on any atom is 0.326 e. The van der Waals surface area contributed by atoms with Gasteiger partial charge in [0.1, 0.15) is 17.6 Å². The smallest absolute Gasteiger partial charge is 0.326 e. The summed E-state index contributed by atoms with van der Waals surface area (Å²) in [5.41, 5.74) is 2.50. The molecule has 1 amide bonds. The SMILES string of the molecule is CC1=CCC2(COc3cc(F)c(C(=O)N4[C@@H]5CC[C@@H](C5)[C@H]4C(=O)O)cc3C3CC3)CC(C)CC1C2. The molecule has 1 saturated heterocycles. The molecule has 5 aliphatic rings. The molecule has 5 nitrogen and oxygen atoms in total. The van der Waals surface area contributed by atoms with Gasteiger partial charge < -0.3 is 14.7 Å². The van der Waals surface area contributed by atoms with Gasteiger partial charge in [0.15, 0.2) is 0 Å². The number of likely N-dealkylation sites (tertiary alicyclic amines) is 1. The van der Waals surface area contributed by atoms with Gasteiger partial charge >= 0.3 is 5.97 Å². The number of carboxylic acids is 1. The van der Waals surface area contributed by atoms with E-state index in [4.69, 9.17) is 4.74 Å². The second kappa shape index (κ2) is 8.35. The fraction of sp³-hybridized carbons (Fsp3) is 0.655. The predicted octanol–water partition coefficient (Wildman–Crippen LogP) is 5.93. The second-order valence-corrected chi connectivity index (χ2v) is 12.3. The van der Waals surface area contributed by atoms with Crippen molar-refractivity contribution >= 4 is 11.9 Å². The number of carbonyl (C=O) groups excluding carboxylic acids is 1. The fourth-order valence-corrected chi connectivity index (χ4v) is 7.77. The quantitative estimate of drug-likeness (QED) is 0.511. The van der Waals surface area contributed by atoms with E-state index in [0.29, 0.717) is 30.6 Å². The lowest BCUT2D eigenvalue weighted by Crippen LogP contribution is -2.49. The minimum Gasteiger partial charge on any atom is -0.493 e. The van der Waals surface area contributed by atoms with Crippen LogP contribution in [0.25, 0.3) is 0 Å². The number of hydrogen-bond acceptors (Lipinski definition) is 3. The molecule has 3 saturated carbocycles. The van der Waals surface area contributed by atoms with Gasteiger partial charge in [-0.2, -0.15) is 0 Å². The van der Waals surface area contributed by atoms with Gasteiger partial charge in [-0.1, -0.05) is 18.6 Å². The van der Waals surface area contributed by atoms with Gasteiger partial charge in [0.05, 0.1) is 12.2 Å². The van der Waals surface area contributed by atoms with Crippen LogP contribution in [0.2, 0.25) is 0 Å². The number of allylic oxidation sites excluding steroid dienone is 2. The Morgan fingerprint density at radius 2 is 1.94 bits per heavy atom. The Kier molecular flexibility index (Phi) is 5.50. The van der Waals surface area contributed by atoms with Crippen molar-refractivity contribution in [2.75, 3.05) is 6.61 Å². The predicted molar refractivity (Wildman–Crippen MR) is 130 cm³/mol. The molecule has 188 valence electrons. The van der Waals surface area contributed by atoms with Crippen LogP contribution in [-0.2, 0) is 4.79 Å². The molecule has 1 heterocycles. The summed E-state index contributed by atoms with van der Waals surface area (Å²) in [4.78, 5) is 26.8. The lowest BCUT2D eigenvalue weighted by Gasteiger charge is -2.46. The van der Waals surface area contributed by atoms with E-state index in [9.17, 15) is 14.7 Å². The molecule has 6 rings (SSSR count). The molecule has 1 aromatic rings. The van der Waals surface area contributed by atoms with Crippen LogP contribution in [0.5, 0.6) is 5.75 Å². The van der Waals surface area contributed by atoms with Crippen molar-refractivity contribution in [2.24, 2.45) is 23.2 Å². The molecular formula is C29H36FNO4. The summed E-state index contributed by atoms with van der Waals surface area (Å²) in [5.74, 6) is 0.0288. The Bertz CT molecular complexity index is 1090. The first-order valence-electron chi connectivity index (χ1n) is 13.4. The first-order valence-corrected chi connectivity index (χ1v) is 13.4. The lowest BCUT2D eigenvalue weighted by atomic mass is 9.60. The number of nitrogens with zero attached hydrogens (tertiary/aromatic N) is 1. The number of carboxylic acid groups (broad SMARTS) is 1. The Labute approximate surface area is 206 Å². The summed E-state index contributed by atoms with van der Waals surface area (Å²) < 4.78 is 21.8. The molecule has 4 bridgehead atoms. The van der Waals surface area contributed by atoms with Crippen LogP contribution in [0.1, 0.15) is 93.5 Å². The third-order valence-corrected chi connectivity index (χ3v) is 9.60. The summed E-state index contributed by atoms with van der Waals surface area (Å²) in [6.07, 6.45) is 11.2. The third kappa shape index (κ3) is 3.97. The van der Waals surface area contributed by atoms with Crippen molar-refractivity contribution in [1.82, 2.24) is 4.90 Å². The Hall–Kier alpha value is -2.37. The van der Waals surface area contributed by atoms with E-state index in [1.54, 1.807) is 6.07 Å². The Morgan fingerprint density at radius 1 is 1.14 bits per heavy atom. The highest BCUT2D eigenvalue weighted by atomic mass is 19.1. The number of hydrogen-bond donors (Lipinski definition) is 1. The van der Waals surface area contributed by atoms with E-state index in [2.05, 4.69) is 19.9 Å². The molecule has 6 heteroatoms. The van der Waals surface area contributed by atoms with Gasteiger partial charge in [0.25, 0.3) is 5.91 Å². The molecule has 0 spiro atoms. The zero-order valence-corrected chi connectivity index (χ0v) is 20.8. The van der Waals surface area contributed by atoms with E-state index in [0.717, 1.165) is 50.5 Å². The van der Waals surface area contributed by atoms with Gasteiger partial charge in [-0.25, -0.2) is 9.18 Å². The van der Waals surface area contributed by atoms with Crippen molar-refractivity contribution < 1.29 is 23.8 Å². The largest absolute Gasteiger partial charge is 0.493 e. The molecule has 3 unspecified atom stereocenters. The van der Waals surface area contributed by atoms with Crippen molar-refractivity contribution in [3.05, 3.63) is 40.7 Å². The van der Waals surface area contributed by atoms with E-state index in [1.165, 1.54) is 23.0 Å². The first kappa shape index (κ1) is 23.1. The highest BCUT2D eigenvalue weighted by Gasteiger charge is 2.52. The van der Waals surface area contributed by atoms with Gasteiger partial charge in [-0.15, -0.1) is 0 Å². The second-order valence-electron chi connectivity index (χ2n) is 12.3. The molecule has 4 aliphatic carbocycles. The Morgan fingerprint density at radius 3 is 2.69 bits per heavy atom. The highest BCUT2D eigenvalue weighted by molar-refractivity contribution is 5.98. The average Bonchev–Trinajstić information content (AvgIpc) is 3.45. The standard InChI is InChI=1S/C29H36FNO4/c1-16-9-20-14-29(13-16,8-7-17(20)2)15-35-25-12-24(30)23(11-22(25)18-3-4-18)27(32)31-21-6-5-19(10-21)26(31)28(33)34/h7,11-12,16,18-21,26H,3-6,8-10,13-15H2,1-2H3,(H,33,34)/t16?,19-,20?,21+,26-,29?/m0/s1. The number of benzene rings is 1. The van der Waals surface area contributed by atoms with Crippen molar-refractivity contribution in [2.45, 2.75) is 89.6 Å². The van der Waals surface area contributed by atoms with Crippen LogP contribution in [0.15, 0.2) is 23.8 Å². The number of ether oxygens (including phenoxy) is 1. The van der Waals surface area contributed by atoms with Crippen LogP contribution in [0.3, 0.4) is 0 Å². The van der Waals surface area contributed by atoms with Crippen LogP contribution in [0.4, 0.5) is 4.39 Å². The van der Waals surface area contributed by atoms with Crippen LogP contribution >= 0.6 is 0 Å². The van der Waals surface area contributed by atoms with Crippen molar-refractivity contribution in [3.8, 4) is 5.75 Å². The Balaban J connectivity index is 1.26. The van der Waals surface area contributed by atoms with Gasteiger partial charge in [-0.3, -0.25) is 4.79 Å². The average molecular weight is 482 g/mol. The van der Waals surface area contributed by atoms with E-state index in [1.807, 2.05) is 0 Å². The highest BCUT2D eigenvalue weighted by Crippen LogP contribution is 2.52. The number of rotatable bonds is 6. The minimum atomic E-state index is -0.982. The molecule has 0 radical (unpaired) electrons. The molecule has 35 heavy (non-hydrogen) atoms. The number of carbonyl (C=O) groups is 2. The summed E-state index contributed by atoms with van der Waals surface area (Å²) in [5, 5.41) is 9.76. The third-order valence-electron chi connectivity index (χ3n) is 9.60. The van der Waals surface area contributed by atoms with Crippen molar-refractivity contribution in [1.29, 1.82) is 0 Å². The summed E-state index contributed by atoms with van der Waals surface area (Å²) in [7, 11) is 0. The van der Waals surface area contributed by atoms with Crippen molar-refractivity contribution in [3.63, 3.8) is 0 Å². The van der Waals surface area contributed by atoms with Gasteiger partial charge in [0.2, 0.25) is 0 Å². The zero-order valence-electron chi connectivity index (χ0n) is 20.8. The summed E-state index contributed by atoms with van der Waals surface area (Å²) in [6, 6.07) is 2.13. The fourth-order valence-electron chi connectivity index (χ4n) is 7.77.